The van der Waals surface area contributed by atoms with Crippen LogP contribution in [0, 0.1) is 10.1 Å². The van der Waals surface area contributed by atoms with Crippen molar-refractivity contribution in [1.82, 2.24) is 0 Å². The minimum Gasteiger partial charge on any atom is -0.497 e. The molecule has 0 saturated heterocycles. The SMILES string of the molecule is COc1ccc(NCc2ccc(Br)cc2[N+](=O)[O-])cc1. The third-order valence-corrected chi connectivity index (χ3v) is 3.31. The predicted octanol–water partition coefficient (Wildman–Crippen LogP) is 3.98. The zero-order chi connectivity index (χ0) is 14.5. The summed E-state index contributed by atoms with van der Waals surface area (Å²) in [5.41, 5.74) is 1.61. The van der Waals surface area contributed by atoms with E-state index in [1.807, 2.05) is 24.3 Å². The lowest BCUT2D eigenvalue weighted by Gasteiger charge is -2.08. The van der Waals surface area contributed by atoms with Crippen LogP contribution in [0.25, 0.3) is 0 Å². The van der Waals surface area contributed by atoms with E-state index in [1.165, 1.54) is 6.07 Å². The van der Waals surface area contributed by atoms with E-state index in [4.69, 9.17) is 4.74 Å². The lowest BCUT2D eigenvalue weighted by Crippen LogP contribution is -2.03. The number of nitro groups is 1. The molecule has 0 bridgehead atoms. The van der Waals surface area contributed by atoms with Crippen LogP contribution in [-0.4, -0.2) is 12.0 Å². The summed E-state index contributed by atoms with van der Waals surface area (Å²) in [6, 6.07) is 12.4. The molecule has 0 aliphatic rings. The number of methoxy groups -OCH3 is 1. The highest BCUT2D eigenvalue weighted by atomic mass is 79.9. The van der Waals surface area contributed by atoms with Crippen LogP contribution in [0.2, 0.25) is 0 Å². The highest BCUT2D eigenvalue weighted by Gasteiger charge is 2.13. The van der Waals surface area contributed by atoms with E-state index in [-0.39, 0.29) is 10.6 Å². The van der Waals surface area contributed by atoms with Crippen molar-refractivity contribution in [1.29, 1.82) is 0 Å². The van der Waals surface area contributed by atoms with Crippen LogP contribution < -0.4 is 10.1 Å². The van der Waals surface area contributed by atoms with Gasteiger partial charge >= 0.3 is 0 Å². The van der Waals surface area contributed by atoms with Crippen molar-refractivity contribution in [3.05, 3.63) is 62.6 Å². The molecule has 2 aromatic carbocycles. The molecule has 20 heavy (non-hydrogen) atoms. The molecular weight excluding hydrogens is 324 g/mol. The first-order chi connectivity index (χ1) is 9.60. The maximum absolute atomic E-state index is 11.0. The molecule has 0 fully saturated rings. The first-order valence-corrected chi connectivity index (χ1v) is 6.70. The van der Waals surface area contributed by atoms with Gasteiger partial charge in [0.05, 0.1) is 12.0 Å². The number of hydrogen-bond acceptors (Lipinski definition) is 4. The second-order valence-electron chi connectivity index (χ2n) is 4.11. The molecule has 1 N–H and O–H groups in total. The summed E-state index contributed by atoms with van der Waals surface area (Å²) in [7, 11) is 1.60. The zero-order valence-corrected chi connectivity index (χ0v) is 12.4. The number of nitrogens with one attached hydrogen (secondary N) is 1. The Labute approximate surface area is 124 Å². The van der Waals surface area contributed by atoms with Crippen molar-refractivity contribution < 1.29 is 9.66 Å². The quantitative estimate of drug-likeness (QED) is 0.662. The first kappa shape index (κ1) is 14.3. The molecule has 0 aliphatic heterocycles. The maximum atomic E-state index is 11.0. The van der Waals surface area contributed by atoms with Crippen molar-refractivity contribution in [3.8, 4) is 5.75 Å². The van der Waals surface area contributed by atoms with Gasteiger partial charge < -0.3 is 10.1 Å². The van der Waals surface area contributed by atoms with Crippen molar-refractivity contribution >= 4 is 27.3 Å². The minimum atomic E-state index is -0.379. The smallest absolute Gasteiger partial charge is 0.275 e. The Kier molecular flexibility index (Phi) is 4.57. The molecule has 0 aromatic heterocycles. The predicted molar refractivity (Wildman–Crippen MR) is 81.1 cm³/mol. The van der Waals surface area contributed by atoms with E-state index in [9.17, 15) is 10.1 Å². The number of benzene rings is 2. The molecule has 6 heteroatoms. The topological polar surface area (TPSA) is 64.4 Å². The molecule has 0 atom stereocenters. The number of nitro benzene ring substituents is 1. The number of ether oxygens (including phenoxy) is 1. The normalized spacial score (nSPS) is 10.1. The van der Waals surface area contributed by atoms with Gasteiger partial charge in [-0.25, -0.2) is 0 Å². The van der Waals surface area contributed by atoms with Crippen LogP contribution in [0.1, 0.15) is 5.56 Å². The van der Waals surface area contributed by atoms with E-state index < -0.39 is 0 Å². The summed E-state index contributed by atoms with van der Waals surface area (Å²) in [6.07, 6.45) is 0. The number of nitrogens with zero attached hydrogens (tertiary/aromatic N) is 1. The fraction of sp³-hybridized carbons (Fsp3) is 0.143. The standard InChI is InChI=1S/C14H13BrN2O3/c1-20-13-6-4-12(5-7-13)16-9-10-2-3-11(15)8-14(10)17(18)19/h2-8,16H,9H2,1H3. The maximum Gasteiger partial charge on any atom is 0.275 e. The van der Waals surface area contributed by atoms with Crippen LogP contribution in [0.4, 0.5) is 11.4 Å². The van der Waals surface area contributed by atoms with Gasteiger partial charge in [-0.15, -0.1) is 0 Å². The Balaban J connectivity index is 2.12. The van der Waals surface area contributed by atoms with E-state index in [1.54, 1.807) is 19.2 Å². The van der Waals surface area contributed by atoms with Crippen molar-refractivity contribution in [2.45, 2.75) is 6.54 Å². The zero-order valence-electron chi connectivity index (χ0n) is 10.8. The van der Waals surface area contributed by atoms with Gasteiger partial charge in [-0.2, -0.15) is 0 Å². The lowest BCUT2D eigenvalue weighted by molar-refractivity contribution is -0.385. The van der Waals surface area contributed by atoms with Crippen molar-refractivity contribution in [2.24, 2.45) is 0 Å². The molecule has 0 amide bonds. The number of hydrogen-bond donors (Lipinski definition) is 1. The molecule has 0 aliphatic carbocycles. The van der Waals surface area contributed by atoms with Crippen LogP contribution in [-0.2, 0) is 6.54 Å². The number of anilines is 1. The van der Waals surface area contributed by atoms with Gasteiger partial charge in [-0.05, 0) is 36.4 Å². The highest BCUT2D eigenvalue weighted by molar-refractivity contribution is 9.10. The molecule has 2 rings (SSSR count). The van der Waals surface area contributed by atoms with E-state index in [0.717, 1.165) is 11.4 Å². The summed E-state index contributed by atoms with van der Waals surface area (Å²) >= 11 is 3.24. The second kappa shape index (κ2) is 6.38. The Morgan fingerprint density at radius 1 is 1.25 bits per heavy atom. The third kappa shape index (κ3) is 3.48. The van der Waals surface area contributed by atoms with Crippen LogP contribution in [0.3, 0.4) is 0 Å². The summed E-state index contributed by atoms with van der Waals surface area (Å²) in [6.45, 7) is 0.385. The fourth-order valence-corrected chi connectivity index (χ4v) is 2.11. The van der Waals surface area contributed by atoms with Gasteiger partial charge in [0.2, 0.25) is 0 Å². The van der Waals surface area contributed by atoms with Gasteiger partial charge in [0.1, 0.15) is 5.75 Å². The average Bonchev–Trinajstić information content (AvgIpc) is 2.46. The molecule has 0 spiro atoms. The van der Waals surface area contributed by atoms with Crippen LogP contribution in [0.15, 0.2) is 46.9 Å². The fourth-order valence-electron chi connectivity index (χ4n) is 1.76. The largest absolute Gasteiger partial charge is 0.497 e. The van der Waals surface area contributed by atoms with Crippen molar-refractivity contribution in [3.63, 3.8) is 0 Å². The van der Waals surface area contributed by atoms with Crippen molar-refractivity contribution in [2.75, 3.05) is 12.4 Å². The Hall–Kier alpha value is -2.08. The third-order valence-electron chi connectivity index (χ3n) is 2.82. The summed E-state index contributed by atoms with van der Waals surface area (Å²) in [5.74, 6) is 0.769. The van der Waals surface area contributed by atoms with Crippen LogP contribution in [0.5, 0.6) is 5.75 Å². The molecule has 0 heterocycles. The lowest BCUT2D eigenvalue weighted by atomic mass is 10.1. The Bertz CT molecular complexity index is 614. The summed E-state index contributed by atoms with van der Waals surface area (Å²) in [5, 5.41) is 14.2. The van der Waals surface area contributed by atoms with Gasteiger partial charge in [0, 0.05) is 28.3 Å². The summed E-state index contributed by atoms with van der Waals surface area (Å²) < 4.78 is 5.77. The van der Waals surface area contributed by atoms with Gasteiger partial charge in [0.15, 0.2) is 0 Å². The van der Waals surface area contributed by atoms with Gasteiger partial charge in [-0.1, -0.05) is 15.9 Å². The molecular formula is C14H13BrN2O3. The number of halogens is 1. The average molecular weight is 337 g/mol. The molecule has 0 unspecified atom stereocenters. The Morgan fingerprint density at radius 2 is 1.95 bits per heavy atom. The molecule has 0 radical (unpaired) electrons. The first-order valence-electron chi connectivity index (χ1n) is 5.91. The van der Waals surface area contributed by atoms with Gasteiger partial charge in [-0.3, -0.25) is 10.1 Å². The second-order valence-corrected chi connectivity index (χ2v) is 5.03. The molecule has 2 aromatic rings. The van der Waals surface area contributed by atoms with Gasteiger partial charge in [0.25, 0.3) is 5.69 Å². The van der Waals surface area contributed by atoms with E-state index >= 15 is 0 Å². The Morgan fingerprint density at radius 3 is 2.55 bits per heavy atom. The minimum absolute atomic E-state index is 0.0976. The van der Waals surface area contributed by atoms with E-state index in [2.05, 4.69) is 21.2 Å². The molecule has 5 nitrogen and oxygen atoms in total. The monoisotopic (exact) mass is 336 g/mol. The van der Waals surface area contributed by atoms with Crippen LogP contribution >= 0.6 is 15.9 Å². The molecule has 0 saturated carbocycles. The van der Waals surface area contributed by atoms with E-state index in [0.29, 0.717) is 16.6 Å². The summed E-state index contributed by atoms with van der Waals surface area (Å²) in [4.78, 5) is 10.6. The molecule has 104 valence electrons. The highest BCUT2D eigenvalue weighted by Crippen LogP contribution is 2.24. The number of rotatable bonds is 5.